The lowest BCUT2D eigenvalue weighted by Crippen LogP contribution is -2.36. The highest BCUT2D eigenvalue weighted by atomic mass is 16.5. The predicted octanol–water partition coefficient (Wildman–Crippen LogP) is 4.62. The number of aliphatic imine (C=N–C) groups is 1. The van der Waals surface area contributed by atoms with Crippen LogP contribution in [0.5, 0.6) is 11.5 Å². The molecule has 0 spiro atoms. The lowest BCUT2D eigenvalue weighted by molar-refractivity contribution is 0.0976. The molecule has 0 aliphatic heterocycles. The molecule has 0 atom stereocenters. The van der Waals surface area contributed by atoms with Crippen LogP contribution in [0.1, 0.15) is 41.3 Å². The van der Waals surface area contributed by atoms with E-state index in [2.05, 4.69) is 46.6 Å². The van der Waals surface area contributed by atoms with Crippen LogP contribution in [0.25, 0.3) is 0 Å². The Morgan fingerprint density at radius 2 is 1.66 bits per heavy atom. The first kappa shape index (κ1) is 22.8. The van der Waals surface area contributed by atoms with Crippen molar-refractivity contribution in [3.8, 4) is 11.5 Å². The molecule has 7 heteroatoms. The number of amides is 1. The first-order chi connectivity index (χ1) is 15.5. The first-order valence-electron chi connectivity index (χ1n) is 10.3. The van der Waals surface area contributed by atoms with Crippen molar-refractivity contribution >= 4 is 17.6 Å². The largest absolute Gasteiger partial charge is 0.493 e. The quantitative estimate of drug-likeness (QED) is 0.420. The highest BCUT2D eigenvalue weighted by Gasteiger charge is 2.13. The van der Waals surface area contributed by atoms with Gasteiger partial charge in [0.25, 0.3) is 5.91 Å². The molecule has 0 bridgehead atoms. The third-order valence-corrected chi connectivity index (χ3v) is 4.89. The van der Waals surface area contributed by atoms with E-state index < -0.39 is 0 Å². The number of hydrogen-bond acceptors (Lipinski definition) is 5. The van der Waals surface area contributed by atoms with Gasteiger partial charge < -0.3 is 14.8 Å². The number of anilines is 1. The molecule has 0 unspecified atom stereocenters. The van der Waals surface area contributed by atoms with Gasteiger partial charge in [0, 0.05) is 23.6 Å². The molecule has 166 valence electrons. The van der Waals surface area contributed by atoms with Gasteiger partial charge in [0.1, 0.15) is 0 Å². The minimum Gasteiger partial charge on any atom is -0.493 e. The molecule has 1 heterocycles. The maximum absolute atomic E-state index is 12.9. The molecule has 0 fully saturated rings. The van der Waals surface area contributed by atoms with E-state index >= 15 is 0 Å². The van der Waals surface area contributed by atoms with Gasteiger partial charge in [0.2, 0.25) is 5.96 Å². The van der Waals surface area contributed by atoms with Crippen molar-refractivity contribution in [2.45, 2.75) is 26.3 Å². The molecule has 0 radical (unpaired) electrons. The summed E-state index contributed by atoms with van der Waals surface area (Å²) in [6.07, 6.45) is 3.43. The van der Waals surface area contributed by atoms with Crippen LogP contribution in [0, 0.1) is 0 Å². The van der Waals surface area contributed by atoms with Crippen molar-refractivity contribution in [3.63, 3.8) is 0 Å². The third kappa shape index (κ3) is 6.07. The summed E-state index contributed by atoms with van der Waals surface area (Å²) < 4.78 is 10.6. The van der Waals surface area contributed by atoms with Crippen LogP contribution < -0.4 is 20.1 Å². The number of carbonyl (C=O) groups is 1. The van der Waals surface area contributed by atoms with Crippen LogP contribution in [0.4, 0.5) is 5.69 Å². The van der Waals surface area contributed by atoms with E-state index in [0.29, 0.717) is 35.5 Å². The van der Waals surface area contributed by atoms with E-state index in [4.69, 9.17) is 9.47 Å². The second kappa shape index (κ2) is 10.9. The van der Waals surface area contributed by atoms with Gasteiger partial charge >= 0.3 is 0 Å². The summed E-state index contributed by atoms with van der Waals surface area (Å²) in [5.74, 6) is 1.50. The molecule has 0 aliphatic rings. The summed E-state index contributed by atoms with van der Waals surface area (Å²) >= 11 is 0. The molecule has 0 saturated heterocycles. The first-order valence-corrected chi connectivity index (χ1v) is 10.3. The number of rotatable bonds is 7. The summed E-state index contributed by atoms with van der Waals surface area (Å²) in [4.78, 5) is 21.5. The lowest BCUT2D eigenvalue weighted by atomic mass is 10.0. The predicted molar refractivity (Wildman–Crippen MR) is 127 cm³/mol. The SMILES string of the molecule is COc1ccc(C(=O)NC(=NCc2ccncc2)Nc2ccc(C(C)C)cc2)cc1OC. The molecule has 2 N–H and O–H groups in total. The summed E-state index contributed by atoms with van der Waals surface area (Å²) in [6, 6.07) is 16.8. The Labute approximate surface area is 188 Å². The molecule has 3 rings (SSSR count). The van der Waals surface area contributed by atoms with Crippen molar-refractivity contribution in [1.82, 2.24) is 10.3 Å². The van der Waals surface area contributed by atoms with Gasteiger partial charge in [-0.3, -0.25) is 15.1 Å². The van der Waals surface area contributed by atoms with Crippen LogP contribution in [-0.2, 0) is 6.54 Å². The van der Waals surface area contributed by atoms with Crippen molar-refractivity contribution < 1.29 is 14.3 Å². The fourth-order valence-corrected chi connectivity index (χ4v) is 3.01. The maximum atomic E-state index is 12.9. The van der Waals surface area contributed by atoms with Crippen molar-refractivity contribution in [2.24, 2.45) is 4.99 Å². The number of methoxy groups -OCH3 is 2. The number of benzene rings is 2. The number of guanidine groups is 1. The Balaban J connectivity index is 1.82. The monoisotopic (exact) mass is 432 g/mol. The summed E-state index contributed by atoms with van der Waals surface area (Å²) in [5, 5.41) is 6.08. The van der Waals surface area contributed by atoms with E-state index in [1.807, 2.05) is 24.3 Å². The van der Waals surface area contributed by atoms with E-state index in [1.54, 1.807) is 37.7 Å². The van der Waals surface area contributed by atoms with Gasteiger partial charge in [-0.05, 0) is 59.5 Å². The lowest BCUT2D eigenvalue weighted by Gasteiger charge is -2.14. The standard InChI is InChI=1S/C25H28N4O3/c1-17(2)19-5-8-21(9-6-19)28-25(27-16-18-11-13-26-14-12-18)29-24(30)20-7-10-22(31-3)23(15-20)32-4/h5-15,17H,16H2,1-4H3,(H2,27,28,29,30). The number of pyridine rings is 1. The van der Waals surface area contributed by atoms with Gasteiger partial charge in [-0.2, -0.15) is 0 Å². The molecule has 7 nitrogen and oxygen atoms in total. The van der Waals surface area contributed by atoms with E-state index in [-0.39, 0.29) is 5.91 Å². The van der Waals surface area contributed by atoms with Crippen molar-refractivity contribution in [1.29, 1.82) is 0 Å². The molecule has 1 aromatic heterocycles. The minimum atomic E-state index is -0.314. The van der Waals surface area contributed by atoms with Gasteiger partial charge in [0.15, 0.2) is 11.5 Å². The zero-order chi connectivity index (χ0) is 22.9. The molecule has 32 heavy (non-hydrogen) atoms. The molecule has 0 saturated carbocycles. The van der Waals surface area contributed by atoms with Crippen LogP contribution in [-0.4, -0.2) is 31.1 Å². The van der Waals surface area contributed by atoms with Crippen LogP contribution in [0.3, 0.4) is 0 Å². The Morgan fingerprint density at radius 3 is 2.28 bits per heavy atom. The Kier molecular flexibility index (Phi) is 7.80. The molecule has 3 aromatic rings. The third-order valence-electron chi connectivity index (χ3n) is 4.89. The molecule has 1 amide bonds. The van der Waals surface area contributed by atoms with Crippen molar-refractivity contribution in [2.75, 3.05) is 19.5 Å². The number of nitrogens with one attached hydrogen (secondary N) is 2. The number of carbonyl (C=O) groups excluding carboxylic acids is 1. The topological polar surface area (TPSA) is 84.8 Å². The normalized spacial score (nSPS) is 11.2. The maximum Gasteiger partial charge on any atom is 0.258 e. The average molecular weight is 433 g/mol. The zero-order valence-electron chi connectivity index (χ0n) is 18.8. The highest BCUT2D eigenvalue weighted by Crippen LogP contribution is 2.27. The fraction of sp³-hybridized carbons (Fsp3) is 0.240. The second-order valence-electron chi connectivity index (χ2n) is 7.45. The summed E-state index contributed by atoms with van der Waals surface area (Å²) in [7, 11) is 3.08. The van der Waals surface area contributed by atoms with Crippen molar-refractivity contribution in [3.05, 3.63) is 83.7 Å². The van der Waals surface area contributed by atoms with Gasteiger partial charge in [-0.15, -0.1) is 0 Å². The van der Waals surface area contributed by atoms with Gasteiger partial charge in [0.05, 0.1) is 20.8 Å². The Hall–Kier alpha value is -3.87. The Bertz CT molecular complexity index is 1060. The van der Waals surface area contributed by atoms with Gasteiger partial charge in [-0.25, -0.2) is 4.99 Å². The van der Waals surface area contributed by atoms with Crippen LogP contribution >= 0.6 is 0 Å². The Morgan fingerprint density at radius 1 is 0.969 bits per heavy atom. The van der Waals surface area contributed by atoms with Crippen LogP contribution in [0.2, 0.25) is 0 Å². The number of ether oxygens (including phenoxy) is 2. The minimum absolute atomic E-state index is 0.314. The summed E-state index contributed by atoms with van der Waals surface area (Å²) in [5.41, 5.74) is 3.47. The molecular formula is C25H28N4O3. The fourth-order valence-electron chi connectivity index (χ4n) is 3.01. The van der Waals surface area contributed by atoms with E-state index in [9.17, 15) is 4.79 Å². The molecular weight excluding hydrogens is 404 g/mol. The number of aromatic nitrogens is 1. The van der Waals surface area contributed by atoms with Gasteiger partial charge in [-0.1, -0.05) is 26.0 Å². The highest BCUT2D eigenvalue weighted by molar-refractivity contribution is 6.10. The van der Waals surface area contributed by atoms with E-state index in [0.717, 1.165) is 11.3 Å². The summed E-state index contributed by atoms with van der Waals surface area (Å²) in [6.45, 7) is 4.68. The van der Waals surface area contributed by atoms with E-state index in [1.165, 1.54) is 12.7 Å². The number of nitrogens with zero attached hydrogens (tertiary/aromatic N) is 2. The second-order valence-corrected chi connectivity index (χ2v) is 7.45. The van der Waals surface area contributed by atoms with Crippen LogP contribution in [0.15, 0.2) is 72.0 Å². The smallest absolute Gasteiger partial charge is 0.258 e. The number of hydrogen-bond donors (Lipinski definition) is 2. The zero-order valence-corrected chi connectivity index (χ0v) is 18.8. The molecule has 0 aliphatic carbocycles. The molecule has 2 aromatic carbocycles. The average Bonchev–Trinajstić information content (AvgIpc) is 2.83.